The van der Waals surface area contributed by atoms with E-state index in [2.05, 4.69) is 10.8 Å². The number of hydroxylamine groups is 1. The van der Waals surface area contributed by atoms with Crippen molar-refractivity contribution in [2.45, 2.75) is 13.0 Å². The van der Waals surface area contributed by atoms with Crippen molar-refractivity contribution in [1.29, 1.82) is 0 Å². The first-order chi connectivity index (χ1) is 12.2. The van der Waals surface area contributed by atoms with Crippen molar-refractivity contribution in [3.05, 3.63) is 54.6 Å². The van der Waals surface area contributed by atoms with Gasteiger partial charge in [0.25, 0.3) is 11.5 Å². The van der Waals surface area contributed by atoms with Crippen LogP contribution in [0.3, 0.4) is 0 Å². The number of anilines is 2. The number of aliphatic hydroxyl groups is 1. The molecule has 3 N–H and O–H groups in total. The predicted molar refractivity (Wildman–Crippen MR) is 104 cm³/mol. The van der Waals surface area contributed by atoms with E-state index in [0.29, 0.717) is 3.57 Å². The van der Waals surface area contributed by atoms with Crippen molar-refractivity contribution in [3.8, 4) is 0 Å². The van der Waals surface area contributed by atoms with E-state index in [1.165, 1.54) is 26.1 Å². The molecule has 2 aromatic rings. The quantitative estimate of drug-likeness (QED) is 0.423. The van der Waals surface area contributed by atoms with E-state index in [1.54, 1.807) is 6.07 Å². The molecule has 2 rings (SSSR count). The number of amides is 1. The third-order valence-electron chi connectivity index (χ3n) is 3.29. The summed E-state index contributed by atoms with van der Waals surface area (Å²) in [5.74, 6) is -1.22. The average Bonchev–Trinajstić information content (AvgIpc) is 2.56. The SMILES string of the molecule is C[C@H](O)CONC(=O)c1cc(Cl)c(=O)n(C)c1Nc1ccc(I)cc1F. The van der Waals surface area contributed by atoms with Gasteiger partial charge < -0.3 is 10.4 Å². The number of carbonyl (C=O) groups excluding carboxylic acids is 1. The maximum absolute atomic E-state index is 14.1. The molecule has 1 atom stereocenters. The number of hydrogen-bond acceptors (Lipinski definition) is 5. The van der Waals surface area contributed by atoms with Crippen molar-refractivity contribution >= 4 is 51.6 Å². The van der Waals surface area contributed by atoms with Crippen LogP contribution in [0.4, 0.5) is 15.9 Å². The first-order valence-electron chi connectivity index (χ1n) is 7.42. The van der Waals surface area contributed by atoms with Gasteiger partial charge in [-0.25, -0.2) is 9.87 Å². The molecule has 140 valence electrons. The summed E-state index contributed by atoms with van der Waals surface area (Å²) in [6, 6.07) is 5.63. The van der Waals surface area contributed by atoms with Crippen LogP contribution in [0.5, 0.6) is 0 Å². The number of carbonyl (C=O) groups is 1. The minimum absolute atomic E-state index is 0.0272. The Morgan fingerprint density at radius 3 is 2.77 bits per heavy atom. The van der Waals surface area contributed by atoms with Crippen molar-refractivity contribution in [1.82, 2.24) is 10.0 Å². The van der Waals surface area contributed by atoms with Crippen molar-refractivity contribution in [3.63, 3.8) is 0 Å². The molecule has 0 aliphatic carbocycles. The Balaban J connectivity index is 2.41. The van der Waals surface area contributed by atoms with Crippen LogP contribution < -0.4 is 16.4 Å². The molecule has 0 saturated carbocycles. The molecule has 0 bridgehead atoms. The minimum Gasteiger partial charge on any atom is -0.391 e. The first-order valence-corrected chi connectivity index (χ1v) is 8.88. The molecule has 1 aromatic carbocycles. The van der Waals surface area contributed by atoms with Gasteiger partial charge in [-0.2, -0.15) is 0 Å². The number of rotatable bonds is 6. The maximum atomic E-state index is 14.1. The summed E-state index contributed by atoms with van der Waals surface area (Å²) in [4.78, 5) is 29.3. The van der Waals surface area contributed by atoms with E-state index in [9.17, 15) is 14.0 Å². The summed E-state index contributed by atoms with van der Waals surface area (Å²) in [6.07, 6.45) is -0.780. The zero-order chi connectivity index (χ0) is 19.4. The summed E-state index contributed by atoms with van der Waals surface area (Å²) in [5.41, 5.74) is 1.65. The number of halogens is 3. The highest BCUT2D eigenvalue weighted by Gasteiger charge is 2.19. The Hall–Kier alpha value is -1.69. The van der Waals surface area contributed by atoms with Gasteiger partial charge in [0, 0.05) is 10.6 Å². The van der Waals surface area contributed by atoms with Gasteiger partial charge in [-0.3, -0.25) is 19.0 Å². The normalized spacial score (nSPS) is 11.9. The van der Waals surface area contributed by atoms with E-state index >= 15 is 0 Å². The topological polar surface area (TPSA) is 92.6 Å². The lowest BCUT2D eigenvalue weighted by Crippen LogP contribution is -2.30. The highest BCUT2D eigenvalue weighted by Crippen LogP contribution is 2.24. The molecule has 0 aliphatic rings. The monoisotopic (exact) mass is 495 g/mol. The minimum atomic E-state index is -0.780. The zero-order valence-electron chi connectivity index (χ0n) is 13.8. The Kier molecular flexibility index (Phi) is 6.98. The highest BCUT2D eigenvalue weighted by atomic mass is 127. The summed E-state index contributed by atoms with van der Waals surface area (Å²) >= 11 is 7.84. The molecule has 10 heteroatoms. The first kappa shape index (κ1) is 20.6. The van der Waals surface area contributed by atoms with Gasteiger partial charge in [0.05, 0.1) is 17.4 Å². The van der Waals surface area contributed by atoms with Gasteiger partial charge in [0.1, 0.15) is 23.3 Å². The molecule has 0 unspecified atom stereocenters. The largest absolute Gasteiger partial charge is 0.391 e. The molecule has 1 amide bonds. The highest BCUT2D eigenvalue weighted by molar-refractivity contribution is 14.1. The van der Waals surface area contributed by atoms with Crippen molar-refractivity contribution in [2.75, 3.05) is 11.9 Å². The number of aromatic nitrogens is 1. The van der Waals surface area contributed by atoms with Gasteiger partial charge in [0.15, 0.2) is 0 Å². The van der Waals surface area contributed by atoms with Crippen LogP contribution in [-0.2, 0) is 11.9 Å². The molecule has 26 heavy (non-hydrogen) atoms. The summed E-state index contributed by atoms with van der Waals surface area (Å²) in [6.45, 7) is 1.36. The number of nitrogens with zero attached hydrogens (tertiary/aromatic N) is 1. The number of aliphatic hydroxyl groups excluding tert-OH is 1. The molecular weight excluding hydrogens is 480 g/mol. The maximum Gasteiger partial charge on any atom is 0.278 e. The second-order valence-corrected chi connectivity index (χ2v) is 7.11. The zero-order valence-corrected chi connectivity index (χ0v) is 16.8. The molecule has 0 aliphatic heterocycles. The molecular formula is C16H16ClFIN3O4. The standard InChI is InChI=1S/C16H16ClFIN3O4/c1-8(23)7-26-21-15(24)10-6-11(17)16(25)22(2)14(10)20-13-4-3-9(19)5-12(13)18/h3-6,8,20,23H,7H2,1-2H3,(H,21,24)/t8-/m0/s1. The summed E-state index contributed by atoms with van der Waals surface area (Å²) in [7, 11) is 1.40. The van der Waals surface area contributed by atoms with Crippen LogP contribution in [0.15, 0.2) is 29.1 Å². The fourth-order valence-electron chi connectivity index (χ4n) is 2.02. The second kappa shape index (κ2) is 8.80. The number of nitrogens with one attached hydrogen (secondary N) is 2. The van der Waals surface area contributed by atoms with Gasteiger partial charge in [-0.15, -0.1) is 0 Å². The van der Waals surface area contributed by atoms with Crippen LogP contribution in [0, 0.1) is 9.39 Å². The lowest BCUT2D eigenvalue weighted by Gasteiger charge is -2.17. The molecule has 0 radical (unpaired) electrons. The number of hydrogen-bond donors (Lipinski definition) is 3. The summed E-state index contributed by atoms with van der Waals surface area (Å²) < 4.78 is 15.9. The number of pyridine rings is 1. The lowest BCUT2D eigenvalue weighted by atomic mass is 10.2. The lowest BCUT2D eigenvalue weighted by molar-refractivity contribution is -0.00685. The molecule has 1 aromatic heterocycles. The molecule has 0 saturated heterocycles. The van der Waals surface area contributed by atoms with Crippen LogP contribution in [-0.4, -0.2) is 28.3 Å². The fourth-order valence-corrected chi connectivity index (χ4v) is 2.71. The number of benzene rings is 1. The molecule has 1 heterocycles. The van der Waals surface area contributed by atoms with Crippen molar-refractivity contribution in [2.24, 2.45) is 7.05 Å². The smallest absolute Gasteiger partial charge is 0.278 e. The van der Waals surface area contributed by atoms with E-state index in [0.717, 1.165) is 10.6 Å². The third kappa shape index (κ3) is 4.93. The van der Waals surface area contributed by atoms with Gasteiger partial charge in [-0.1, -0.05) is 11.6 Å². The van der Waals surface area contributed by atoms with E-state index < -0.39 is 23.4 Å². The molecule has 0 spiro atoms. The Morgan fingerprint density at radius 2 is 2.15 bits per heavy atom. The van der Waals surface area contributed by atoms with Crippen LogP contribution >= 0.6 is 34.2 Å². The van der Waals surface area contributed by atoms with Crippen molar-refractivity contribution < 1.29 is 19.1 Å². The van der Waals surface area contributed by atoms with Gasteiger partial charge in [0.2, 0.25) is 0 Å². The van der Waals surface area contributed by atoms with Crippen LogP contribution in [0.25, 0.3) is 0 Å². The molecule has 7 nitrogen and oxygen atoms in total. The van der Waals surface area contributed by atoms with E-state index in [4.69, 9.17) is 21.5 Å². The second-order valence-electron chi connectivity index (χ2n) is 5.46. The Morgan fingerprint density at radius 1 is 1.46 bits per heavy atom. The van der Waals surface area contributed by atoms with Crippen LogP contribution in [0.2, 0.25) is 5.02 Å². The van der Waals surface area contributed by atoms with E-state index in [-0.39, 0.29) is 28.7 Å². The molecule has 0 fully saturated rings. The average molecular weight is 496 g/mol. The van der Waals surface area contributed by atoms with Gasteiger partial charge in [-0.05, 0) is 53.8 Å². The van der Waals surface area contributed by atoms with Crippen LogP contribution in [0.1, 0.15) is 17.3 Å². The fraction of sp³-hybridized carbons (Fsp3) is 0.250. The summed E-state index contributed by atoms with van der Waals surface area (Å²) in [5, 5.41) is 11.7. The predicted octanol–water partition coefficient (Wildman–Crippen LogP) is 2.57. The Bertz CT molecular complexity index is 889. The third-order valence-corrected chi connectivity index (χ3v) is 4.23. The van der Waals surface area contributed by atoms with Gasteiger partial charge >= 0.3 is 0 Å². The Labute approximate surface area is 167 Å². The van der Waals surface area contributed by atoms with E-state index in [1.807, 2.05) is 22.6 Å².